The molecule has 4 nitrogen and oxygen atoms in total. The third kappa shape index (κ3) is 4.20. The van der Waals surface area contributed by atoms with Gasteiger partial charge in [0.15, 0.2) is 0 Å². The van der Waals surface area contributed by atoms with Crippen molar-refractivity contribution < 1.29 is 9.47 Å². The second-order valence-electron chi connectivity index (χ2n) is 4.20. The third-order valence-corrected chi connectivity index (χ3v) is 2.95. The number of ether oxygens (including phenoxy) is 2. The van der Waals surface area contributed by atoms with E-state index in [4.69, 9.17) is 15.2 Å². The number of nitrogens with two attached hydrogens (primary N) is 1. The maximum absolute atomic E-state index is 5.67. The van der Waals surface area contributed by atoms with Crippen molar-refractivity contribution in [3.05, 3.63) is 24.3 Å². The Balaban J connectivity index is 2.56. The summed E-state index contributed by atoms with van der Waals surface area (Å²) in [7, 11) is 3.74. The molecular weight excluding hydrogens is 228 g/mol. The van der Waals surface area contributed by atoms with Crippen molar-refractivity contribution in [3.63, 3.8) is 0 Å². The molecule has 0 radical (unpaired) electrons. The van der Waals surface area contributed by atoms with E-state index in [1.807, 2.05) is 25.1 Å². The lowest BCUT2D eigenvalue weighted by Crippen LogP contribution is -2.29. The average Bonchev–Trinajstić information content (AvgIpc) is 2.42. The lowest BCUT2D eigenvalue weighted by molar-refractivity contribution is 0.0646. The van der Waals surface area contributed by atoms with Crippen molar-refractivity contribution in [1.82, 2.24) is 0 Å². The molecule has 0 fully saturated rings. The number of hydrogen-bond acceptors (Lipinski definition) is 4. The Morgan fingerprint density at radius 1 is 1.33 bits per heavy atom. The molecule has 1 rings (SSSR count). The standard InChI is InChI=1S/C14H24N2O2/c1-4-18-12(11-15)9-10-16(2)13-7-5-6-8-14(13)17-3/h5-8,12H,4,9-11,15H2,1-3H3. The molecule has 102 valence electrons. The summed E-state index contributed by atoms with van der Waals surface area (Å²) in [5.74, 6) is 0.890. The van der Waals surface area contributed by atoms with Crippen LogP contribution in [0.5, 0.6) is 5.75 Å². The summed E-state index contributed by atoms with van der Waals surface area (Å²) >= 11 is 0. The average molecular weight is 252 g/mol. The summed E-state index contributed by atoms with van der Waals surface area (Å²) in [6, 6.07) is 8.00. The summed E-state index contributed by atoms with van der Waals surface area (Å²) < 4.78 is 10.9. The van der Waals surface area contributed by atoms with E-state index in [2.05, 4.69) is 18.0 Å². The molecule has 4 heteroatoms. The normalized spacial score (nSPS) is 12.2. The molecule has 0 saturated heterocycles. The van der Waals surface area contributed by atoms with Gasteiger partial charge in [0.2, 0.25) is 0 Å². The zero-order valence-corrected chi connectivity index (χ0v) is 11.6. The number of anilines is 1. The zero-order valence-electron chi connectivity index (χ0n) is 11.6. The molecule has 2 N–H and O–H groups in total. The van der Waals surface area contributed by atoms with Gasteiger partial charge in [0.05, 0.1) is 18.9 Å². The molecule has 0 spiro atoms. The van der Waals surface area contributed by atoms with Crippen LogP contribution in [0.3, 0.4) is 0 Å². The highest BCUT2D eigenvalue weighted by Gasteiger charge is 2.11. The van der Waals surface area contributed by atoms with E-state index in [0.717, 1.165) is 24.4 Å². The molecule has 1 unspecified atom stereocenters. The van der Waals surface area contributed by atoms with Crippen LogP contribution in [-0.2, 0) is 4.74 Å². The van der Waals surface area contributed by atoms with E-state index >= 15 is 0 Å². The van der Waals surface area contributed by atoms with Crippen LogP contribution in [0.4, 0.5) is 5.69 Å². The van der Waals surface area contributed by atoms with E-state index in [1.54, 1.807) is 7.11 Å². The molecule has 0 aliphatic heterocycles. The number of nitrogens with zero attached hydrogens (tertiary/aromatic N) is 1. The summed E-state index contributed by atoms with van der Waals surface area (Å²) in [4.78, 5) is 2.17. The molecule has 0 saturated carbocycles. The number of hydrogen-bond donors (Lipinski definition) is 1. The molecule has 1 atom stereocenters. The van der Waals surface area contributed by atoms with Gasteiger partial charge in [0, 0.05) is 26.7 Å². The van der Waals surface area contributed by atoms with Crippen LogP contribution in [0.25, 0.3) is 0 Å². The van der Waals surface area contributed by atoms with Gasteiger partial charge in [-0.2, -0.15) is 0 Å². The van der Waals surface area contributed by atoms with Crippen molar-refractivity contribution in [1.29, 1.82) is 0 Å². The van der Waals surface area contributed by atoms with Gasteiger partial charge in [-0.3, -0.25) is 0 Å². The zero-order chi connectivity index (χ0) is 13.4. The van der Waals surface area contributed by atoms with E-state index in [0.29, 0.717) is 13.2 Å². The second kappa shape index (κ2) is 7.95. The summed E-state index contributed by atoms with van der Waals surface area (Å²) in [6.07, 6.45) is 1.05. The molecule has 0 bridgehead atoms. The largest absolute Gasteiger partial charge is 0.495 e. The minimum absolute atomic E-state index is 0.132. The first-order chi connectivity index (χ1) is 8.72. The Morgan fingerprint density at radius 3 is 2.67 bits per heavy atom. The molecule has 18 heavy (non-hydrogen) atoms. The molecule has 1 aromatic rings. The molecule has 0 amide bonds. The van der Waals surface area contributed by atoms with Gasteiger partial charge in [-0.15, -0.1) is 0 Å². The topological polar surface area (TPSA) is 47.7 Å². The van der Waals surface area contributed by atoms with Crippen molar-refractivity contribution in [2.45, 2.75) is 19.4 Å². The SMILES string of the molecule is CCOC(CN)CCN(C)c1ccccc1OC. The fourth-order valence-electron chi connectivity index (χ4n) is 1.91. The summed E-state index contributed by atoms with van der Waals surface area (Å²) in [5.41, 5.74) is 6.76. The van der Waals surface area contributed by atoms with Gasteiger partial charge in [0.1, 0.15) is 5.75 Å². The second-order valence-corrected chi connectivity index (χ2v) is 4.20. The molecule has 0 aliphatic rings. The summed E-state index contributed by atoms with van der Waals surface area (Å²) in [5, 5.41) is 0. The van der Waals surface area contributed by atoms with Gasteiger partial charge < -0.3 is 20.1 Å². The van der Waals surface area contributed by atoms with Crippen molar-refractivity contribution in [2.24, 2.45) is 5.73 Å². The lowest BCUT2D eigenvalue weighted by Gasteiger charge is -2.24. The Morgan fingerprint density at radius 2 is 2.06 bits per heavy atom. The highest BCUT2D eigenvalue weighted by atomic mass is 16.5. The summed E-state index contributed by atoms with van der Waals surface area (Å²) in [6.45, 7) is 4.16. The molecule has 0 aliphatic carbocycles. The third-order valence-electron chi connectivity index (χ3n) is 2.95. The first-order valence-corrected chi connectivity index (χ1v) is 6.38. The maximum atomic E-state index is 5.67. The smallest absolute Gasteiger partial charge is 0.142 e. The molecular formula is C14H24N2O2. The predicted octanol–water partition coefficient (Wildman–Crippen LogP) is 1.89. The Bertz CT molecular complexity index is 344. The number of rotatable bonds is 8. The quantitative estimate of drug-likeness (QED) is 0.767. The molecule has 0 aromatic heterocycles. The van der Waals surface area contributed by atoms with E-state index < -0.39 is 0 Å². The maximum Gasteiger partial charge on any atom is 0.142 e. The van der Waals surface area contributed by atoms with Gasteiger partial charge in [0.25, 0.3) is 0 Å². The van der Waals surface area contributed by atoms with Crippen molar-refractivity contribution >= 4 is 5.69 Å². The monoisotopic (exact) mass is 252 g/mol. The first-order valence-electron chi connectivity index (χ1n) is 6.38. The molecule has 1 aromatic carbocycles. The van der Waals surface area contributed by atoms with E-state index in [9.17, 15) is 0 Å². The fourth-order valence-corrected chi connectivity index (χ4v) is 1.91. The van der Waals surface area contributed by atoms with Crippen LogP contribution in [0.2, 0.25) is 0 Å². The van der Waals surface area contributed by atoms with Crippen molar-refractivity contribution in [2.75, 3.05) is 38.8 Å². The van der Waals surface area contributed by atoms with Gasteiger partial charge >= 0.3 is 0 Å². The highest BCUT2D eigenvalue weighted by Crippen LogP contribution is 2.26. The minimum atomic E-state index is 0.132. The first kappa shape index (κ1) is 14.8. The van der Waals surface area contributed by atoms with Gasteiger partial charge in [-0.1, -0.05) is 12.1 Å². The number of benzene rings is 1. The Hall–Kier alpha value is -1.26. The van der Waals surface area contributed by atoms with Crippen LogP contribution < -0.4 is 15.4 Å². The van der Waals surface area contributed by atoms with Gasteiger partial charge in [-0.25, -0.2) is 0 Å². The fraction of sp³-hybridized carbons (Fsp3) is 0.571. The lowest BCUT2D eigenvalue weighted by atomic mass is 10.2. The highest BCUT2D eigenvalue weighted by molar-refractivity contribution is 5.57. The van der Waals surface area contributed by atoms with E-state index in [1.165, 1.54) is 0 Å². The Kier molecular flexibility index (Phi) is 6.54. The number of para-hydroxylation sites is 2. The predicted molar refractivity (Wildman–Crippen MR) is 75.3 cm³/mol. The van der Waals surface area contributed by atoms with Crippen molar-refractivity contribution in [3.8, 4) is 5.75 Å². The van der Waals surface area contributed by atoms with Crippen LogP contribution in [0.1, 0.15) is 13.3 Å². The van der Waals surface area contributed by atoms with Gasteiger partial charge in [-0.05, 0) is 25.5 Å². The Labute approximate surface area is 110 Å². The minimum Gasteiger partial charge on any atom is -0.495 e. The van der Waals surface area contributed by atoms with Crippen LogP contribution in [-0.4, -0.2) is 40.0 Å². The van der Waals surface area contributed by atoms with Crippen LogP contribution in [0, 0.1) is 0 Å². The van der Waals surface area contributed by atoms with E-state index in [-0.39, 0.29) is 6.10 Å². The number of methoxy groups -OCH3 is 1. The van der Waals surface area contributed by atoms with Crippen LogP contribution >= 0.6 is 0 Å². The van der Waals surface area contributed by atoms with Crippen LogP contribution in [0.15, 0.2) is 24.3 Å². The molecule has 0 heterocycles.